The number of ether oxygens (including phenoxy) is 1. The van der Waals surface area contributed by atoms with Gasteiger partial charge in [0, 0.05) is 6.42 Å². The summed E-state index contributed by atoms with van der Waals surface area (Å²) in [5, 5.41) is 29.6. The first-order valence-electron chi connectivity index (χ1n) is 14.7. The lowest BCUT2D eigenvalue weighted by molar-refractivity contribution is -0.134. The van der Waals surface area contributed by atoms with Crippen LogP contribution in [0.2, 0.25) is 0 Å². The van der Waals surface area contributed by atoms with Crippen molar-refractivity contribution >= 4 is 35.4 Å². The number of aryl methyl sites for hydroxylation is 1. The summed E-state index contributed by atoms with van der Waals surface area (Å²) in [6.45, 7) is 3.76. The van der Waals surface area contributed by atoms with Crippen LogP contribution in [-0.2, 0) is 33.9 Å². The van der Waals surface area contributed by atoms with Crippen LogP contribution in [0.15, 0.2) is 54.7 Å². The van der Waals surface area contributed by atoms with Crippen molar-refractivity contribution in [3.05, 3.63) is 77.1 Å². The van der Waals surface area contributed by atoms with Crippen LogP contribution in [0, 0.1) is 6.92 Å². The van der Waals surface area contributed by atoms with Crippen LogP contribution in [-0.4, -0.2) is 86.6 Å². The van der Waals surface area contributed by atoms with Crippen molar-refractivity contribution in [3.8, 4) is 5.75 Å². The molecule has 13 nitrogen and oxygen atoms in total. The number of fused-ring (bicyclic) bond motifs is 3. The van der Waals surface area contributed by atoms with Crippen LogP contribution in [0.4, 0.5) is 0 Å². The van der Waals surface area contributed by atoms with Gasteiger partial charge in [-0.1, -0.05) is 47.2 Å². The van der Waals surface area contributed by atoms with Crippen LogP contribution in [0.3, 0.4) is 0 Å². The summed E-state index contributed by atoms with van der Waals surface area (Å²) in [6.07, 6.45) is 2.66. The zero-order valence-electron chi connectivity index (χ0n) is 25.5. The van der Waals surface area contributed by atoms with Crippen molar-refractivity contribution in [2.75, 3.05) is 18.6 Å². The third-order valence-corrected chi connectivity index (χ3v) is 7.84. The molecule has 1 aliphatic heterocycles. The number of nitrogens with zero attached hydrogens (tertiary/aromatic N) is 3. The number of aromatic nitrogens is 3. The zero-order chi connectivity index (χ0) is 32.3. The predicted molar refractivity (Wildman–Crippen MR) is 168 cm³/mol. The van der Waals surface area contributed by atoms with Crippen molar-refractivity contribution in [1.82, 2.24) is 36.3 Å². The lowest BCUT2D eigenvalue weighted by atomic mass is 10.0. The maximum Gasteiger partial charge on any atom is 0.255 e. The number of rotatable bonds is 6. The first kappa shape index (κ1) is 33.5. The second-order valence-electron chi connectivity index (χ2n) is 10.8. The van der Waals surface area contributed by atoms with Gasteiger partial charge in [-0.05, 0) is 50.0 Å². The highest BCUT2D eigenvalue weighted by atomic mass is 32.2. The molecule has 0 saturated heterocycles. The highest BCUT2D eigenvalue weighted by Gasteiger charge is 2.33. The van der Waals surface area contributed by atoms with Crippen LogP contribution >= 0.6 is 11.8 Å². The summed E-state index contributed by atoms with van der Waals surface area (Å²) in [4.78, 5) is 53.9. The molecule has 14 heteroatoms. The largest absolute Gasteiger partial charge is 0.491 e. The molecule has 2 bridgehead atoms. The number of benzene rings is 2. The van der Waals surface area contributed by atoms with Crippen LogP contribution in [0.25, 0.3) is 0 Å². The Bertz CT molecular complexity index is 1480. The van der Waals surface area contributed by atoms with Crippen molar-refractivity contribution in [2.45, 2.75) is 64.0 Å². The summed E-state index contributed by atoms with van der Waals surface area (Å²) in [5.74, 6) is -1.53. The molecule has 0 spiro atoms. The van der Waals surface area contributed by atoms with Gasteiger partial charge in [0.1, 0.15) is 36.2 Å². The normalized spacial score (nSPS) is 20.8. The molecular formula is C31H39N7O6S. The highest BCUT2D eigenvalue weighted by Crippen LogP contribution is 2.21. The first-order valence-corrected chi connectivity index (χ1v) is 16.1. The van der Waals surface area contributed by atoms with Crippen LogP contribution in [0.1, 0.15) is 40.5 Å². The number of carbonyl (C=O) groups is 4. The quantitative estimate of drug-likeness (QED) is 0.261. The molecule has 3 aromatic rings. The molecular weight excluding hydrogens is 598 g/mol. The number of carbonyl (C=O) groups excluding carboxylic acids is 4. The topological polar surface area (TPSA) is 177 Å². The van der Waals surface area contributed by atoms with E-state index in [1.165, 1.54) is 18.7 Å². The minimum atomic E-state index is -1.40. The number of nitrogens with one attached hydrogen (secondary N) is 4. The summed E-state index contributed by atoms with van der Waals surface area (Å²) in [7, 11) is 0. The Morgan fingerprint density at radius 3 is 2.53 bits per heavy atom. The summed E-state index contributed by atoms with van der Waals surface area (Å²) in [5.41, 5.74) is 2.36. The van der Waals surface area contributed by atoms with Gasteiger partial charge in [-0.25, -0.2) is 4.68 Å². The summed E-state index contributed by atoms with van der Waals surface area (Å²) in [6, 6.07) is 10.9. The smallest absolute Gasteiger partial charge is 0.255 e. The lowest BCUT2D eigenvalue weighted by Gasteiger charge is -2.27. The maximum absolute atomic E-state index is 13.5. The predicted octanol–water partition coefficient (Wildman–Crippen LogP) is 0.740. The van der Waals surface area contributed by atoms with E-state index in [1.54, 1.807) is 23.0 Å². The van der Waals surface area contributed by atoms with Gasteiger partial charge in [-0.15, -0.1) is 5.10 Å². The van der Waals surface area contributed by atoms with Gasteiger partial charge >= 0.3 is 0 Å². The Morgan fingerprint density at radius 1 is 1.02 bits per heavy atom. The average Bonchev–Trinajstić information content (AvgIpc) is 3.48. The molecule has 0 aliphatic carbocycles. The maximum atomic E-state index is 13.5. The molecule has 0 radical (unpaired) electrons. The monoisotopic (exact) mass is 637 g/mol. The van der Waals surface area contributed by atoms with E-state index in [1.807, 2.05) is 49.6 Å². The van der Waals surface area contributed by atoms with E-state index in [4.69, 9.17) is 4.74 Å². The van der Waals surface area contributed by atoms with Gasteiger partial charge < -0.3 is 31.1 Å². The molecule has 2 heterocycles. The average molecular weight is 638 g/mol. The minimum absolute atomic E-state index is 0.0524. The van der Waals surface area contributed by atoms with E-state index in [0.29, 0.717) is 23.7 Å². The van der Waals surface area contributed by atoms with Gasteiger partial charge in [0.2, 0.25) is 17.7 Å². The number of aliphatic hydroxyl groups excluding tert-OH is 1. The van der Waals surface area contributed by atoms with Gasteiger partial charge in [-0.2, -0.15) is 11.8 Å². The highest BCUT2D eigenvalue weighted by molar-refractivity contribution is 7.98. The molecule has 45 heavy (non-hydrogen) atoms. The Balaban J connectivity index is 1.66. The van der Waals surface area contributed by atoms with Gasteiger partial charge in [0.05, 0.1) is 31.0 Å². The number of hydrogen-bond donors (Lipinski definition) is 5. The van der Waals surface area contributed by atoms with E-state index >= 15 is 0 Å². The molecule has 0 unspecified atom stereocenters. The molecule has 1 aromatic heterocycles. The standard InChI is InChI=1S/C31H39N7O6S/c1-19-9-10-26-23(15-19)28(40)33-24(11-14-45-3)30(42)35-27(20(2)39)31(43)34-25(16-21-7-5-4-6-8-21)29(41)32-17-22-18-38(37-36-22)12-13-44-26/h4-10,15,18,20,24-25,27,39H,11-14,16-17H2,1-3H3,(H,32,41)(H,33,40)(H,34,43)(H,35,42)/t20-,24+,25+,27+/m1/s1. The Morgan fingerprint density at radius 2 is 1.80 bits per heavy atom. The lowest BCUT2D eigenvalue weighted by Crippen LogP contribution is -2.60. The van der Waals surface area contributed by atoms with E-state index in [0.717, 1.165) is 11.1 Å². The number of amides is 4. The van der Waals surface area contributed by atoms with E-state index < -0.39 is 47.9 Å². The molecule has 4 atom stereocenters. The van der Waals surface area contributed by atoms with E-state index in [-0.39, 0.29) is 31.6 Å². The third-order valence-electron chi connectivity index (χ3n) is 7.20. The molecule has 2 aromatic carbocycles. The number of aliphatic hydroxyl groups is 1. The Kier molecular flexibility index (Phi) is 11.9. The van der Waals surface area contributed by atoms with E-state index in [2.05, 4.69) is 31.6 Å². The summed E-state index contributed by atoms with van der Waals surface area (Å²) < 4.78 is 7.51. The number of thioether (sulfide) groups is 1. The van der Waals surface area contributed by atoms with Crippen molar-refractivity contribution in [1.29, 1.82) is 0 Å². The molecule has 0 fully saturated rings. The second kappa shape index (κ2) is 16.0. The van der Waals surface area contributed by atoms with Crippen LogP contribution < -0.4 is 26.0 Å². The fourth-order valence-corrected chi connectivity index (χ4v) is 5.22. The molecule has 4 rings (SSSR count). The van der Waals surface area contributed by atoms with E-state index in [9.17, 15) is 24.3 Å². The van der Waals surface area contributed by atoms with Gasteiger partial charge in [-0.3, -0.25) is 19.2 Å². The summed E-state index contributed by atoms with van der Waals surface area (Å²) >= 11 is 1.49. The molecule has 0 saturated carbocycles. The van der Waals surface area contributed by atoms with Gasteiger partial charge in [0.25, 0.3) is 5.91 Å². The number of hydrogen-bond acceptors (Lipinski definition) is 9. The fraction of sp³-hybridized carbons (Fsp3) is 0.419. The first-order chi connectivity index (χ1) is 21.6. The molecule has 4 amide bonds. The van der Waals surface area contributed by atoms with Crippen molar-refractivity contribution in [2.24, 2.45) is 0 Å². The second-order valence-corrected chi connectivity index (χ2v) is 11.8. The fourth-order valence-electron chi connectivity index (χ4n) is 4.75. The molecule has 240 valence electrons. The molecule has 5 N–H and O–H groups in total. The Hall–Kier alpha value is -4.43. The zero-order valence-corrected chi connectivity index (χ0v) is 26.3. The minimum Gasteiger partial charge on any atom is -0.491 e. The Labute approximate surface area is 265 Å². The van der Waals surface area contributed by atoms with Crippen molar-refractivity contribution in [3.63, 3.8) is 0 Å². The SMILES string of the molecule is CSCC[C@@H]1NC(=O)c2cc(C)ccc2OCCn2cc(nn2)CNC(=O)[C@H](Cc2ccccc2)NC(=O)[C@H]([C@@H](C)O)NC1=O. The van der Waals surface area contributed by atoms with Gasteiger partial charge in [0.15, 0.2) is 0 Å². The van der Waals surface area contributed by atoms with Crippen molar-refractivity contribution < 1.29 is 29.0 Å². The molecule has 1 aliphatic rings. The third kappa shape index (κ3) is 9.53. The van der Waals surface area contributed by atoms with Crippen LogP contribution in [0.5, 0.6) is 5.75 Å².